The number of carboxylic acids is 2. The second kappa shape index (κ2) is 9.77. The zero-order valence-electron chi connectivity index (χ0n) is 14.7. The normalized spacial score (nSPS) is 9.78. The van der Waals surface area contributed by atoms with Crippen LogP contribution < -0.4 is 5.73 Å². The zero-order valence-corrected chi connectivity index (χ0v) is 14.7. The molecule has 0 aliphatic carbocycles. The first kappa shape index (κ1) is 19.7. The monoisotopic (exact) mass is 363 g/mol. The van der Waals surface area contributed by atoms with E-state index in [0.29, 0.717) is 0 Å². The van der Waals surface area contributed by atoms with Gasteiger partial charge in [-0.2, -0.15) is 0 Å². The Bertz CT molecular complexity index is 821. The number of anilines is 1. The Labute approximate surface area is 157 Å². The fourth-order valence-electron chi connectivity index (χ4n) is 2.52. The van der Waals surface area contributed by atoms with Crippen LogP contribution in [-0.2, 0) is 12.8 Å². The van der Waals surface area contributed by atoms with Gasteiger partial charge in [-0.25, -0.2) is 9.59 Å². The van der Waals surface area contributed by atoms with Crippen LogP contribution in [0.1, 0.15) is 31.8 Å². The fraction of sp³-hybridized carbons (Fsp3) is 0.0909. The Kier molecular flexibility index (Phi) is 7.14. The van der Waals surface area contributed by atoms with Crippen LogP contribution in [0.3, 0.4) is 0 Å². The minimum Gasteiger partial charge on any atom is -0.478 e. The van der Waals surface area contributed by atoms with Crippen molar-refractivity contribution < 1.29 is 19.8 Å². The summed E-state index contributed by atoms with van der Waals surface area (Å²) in [6, 6.07) is 25.1. The highest BCUT2D eigenvalue weighted by Gasteiger charge is 2.14. The first-order valence-corrected chi connectivity index (χ1v) is 8.42. The van der Waals surface area contributed by atoms with Crippen molar-refractivity contribution in [1.82, 2.24) is 0 Å². The number of rotatable bonds is 5. The molecule has 0 bridgehead atoms. The SMILES string of the molecule is Nc1c(C(=O)O)cccc1C(=O)O.c1ccc(CCc2ccccc2)cc1. The number of nitrogens with two attached hydrogens (primary N) is 1. The van der Waals surface area contributed by atoms with Crippen molar-refractivity contribution >= 4 is 17.6 Å². The molecule has 0 heterocycles. The summed E-state index contributed by atoms with van der Waals surface area (Å²) in [4.78, 5) is 21.0. The minimum atomic E-state index is -1.24. The number of carboxylic acid groups (broad SMARTS) is 2. The van der Waals surface area contributed by atoms with E-state index in [1.165, 1.54) is 29.3 Å². The number of benzene rings is 3. The topological polar surface area (TPSA) is 101 Å². The predicted molar refractivity (Wildman–Crippen MR) is 105 cm³/mol. The number of hydrogen-bond donors (Lipinski definition) is 3. The molecule has 0 aromatic heterocycles. The number of aryl methyl sites for hydroxylation is 2. The molecule has 0 unspecified atom stereocenters. The van der Waals surface area contributed by atoms with E-state index < -0.39 is 11.9 Å². The van der Waals surface area contributed by atoms with Crippen LogP contribution in [0, 0.1) is 0 Å². The third-order valence-corrected chi connectivity index (χ3v) is 3.95. The Morgan fingerprint density at radius 1 is 0.630 bits per heavy atom. The molecule has 0 aliphatic heterocycles. The van der Waals surface area contributed by atoms with Gasteiger partial charge in [0.15, 0.2) is 0 Å². The summed E-state index contributed by atoms with van der Waals surface area (Å²) in [6.45, 7) is 0. The molecule has 3 aromatic carbocycles. The largest absolute Gasteiger partial charge is 0.478 e. The van der Waals surface area contributed by atoms with Crippen molar-refractivity contribution in [2.24, 2.45) is 0 Å². The van der Waals surface area contributed by atoms with Gasteiger partial charge in [-0.1, -0.05) is 66.7 Å². The molecular weight excluding hydrogens is 342 g/mol. The van der Waals surface area contributed by atoms with Crippen LogP contribution in [0.4, 0.5) is 5.69 Å². The van der Waals surface area contributed by atoms with Gasteiger partial charge in [0.25, 0.3) is 0 Å². The molecule has 5 nitrogen and oxygen atoms in total. The van der Waals surface area contributed by atoms with E-state index >= 15 is 0 Å². The van der Waals surface area contributed by atoms with E-state index in [2.05, 4.69) is 60.7 Å². The maximum atomic E-state index is 10.5. The zero-order chi connectivity index (χ0) is 19.6. The average molecular weight is 363 g/mol. The van der Waals surface area contributed by atoms with Crippen molar-refractivity contribution in [2.45, 2.75) is 12.8 Å². The lowest BCUT2D eigenvalue weighted by molar-refractivity contribution is 0.0696. The molecular formula is C22H21NO4. The highest BCUT2D eigenvalue weighted by atomic mass is 16.4. The maximum absolute atomic E-state index is 10.5. The number of nitrogen functional groups attached to an aromatic ring is 1. The Morgan fingerprint density at radius 2 is 1.00 bits per heavy atom. The number of para-hydroxylation sites is 1. The summed E-state index contributed by atoms with van der Waals surface area (Å²) in [6.07, 6.45) is 2.26. The quantitative estimate of drug-likeness (QED) is 0.592. The molecule has 3 aromatic rings. The predicted octanol–water partition coefficient (Wildman–Crippen LogP) is 4.14. The van der Waals surface area contributed by atoms with Crippen molar-refractivity contribution in [3.05, 3.63) is 101 Å². The van der Waals surface area contributed by atoms with Crippen LogP contribution in [0.15, 0.2) is 78.9 Å². The van der Waals surface area contributed by atoms with Crippen LogP contribution in [0.2, 0.25) is 0 Å². The van der Waals surface area contributed by atoms with Crippen molar-refractivity contribution in [3.8, 4) is 0 Å². The Hall–Kier alpha value is -3.60. The van der Waals surface area contributed by atoms with Gasteiger partial charge in [0.2, 0.25) is 0 Å². The van der Waals surface area contributed by atoms with Gasteiger partial charge >= 0.3 is 11.9 Å². The highest BCUT2D eigenvalue weighted by molar-refractivity contribution is 6.02. The molecule has 0 spiro atoms. The minimum absolute atomic E-state index is 0.195. The van der Waals surface area contributed by atoms with Crippen LogP contribution >= 0.6 is 0 Å². The number of carbonyl (C=O) groups is 2. The molecule has 0 atom stereocenters. The lowest BCUT2D eigenvalue weighted by Crippen LogP contribution is -2.08. The highest BCUT2D eigenvalue weighted by Crippen LogP contribution is 2.17. The molecule has 0 saturated carbocycles. The lowest BCUT2D eigenvalue weighted by atomic mass is 10.0. The third-order valence-electron chi connectivity index (χ3n) is 3.95. The summed E-state index contributed by atoms with van der Waals surface area (Å²) in [5, 5.41) is 17.2. The molecule has 3 rings (SSSR count). The summed E-state index contributed by atoms with van der Waals surface area (Å²) in [7, 11) is 0. The molecule has 4 N–H and O–H groups in total. The van der Waals surface area contributed by atoms with E-state index in [9.17, 15) is 9.59 Å². The Balaban J connectivity index is 0.000000194. The van der Waals surface area contributed by atoms with Gasteiger partial charge in [-0.05, 0) is 36.1 Å². The molecule has 0 aliphatic rings. The van der Waals surface area contributed by atoms with Gasteiger partial charge in [0.1, 0.15) is 0 Å². The molecule has 27 heavy (non-hydrogen) atoms. The second-order valence-electron chi connectivity index (χ2n) is 5.85. The molecule has 5 heteroatoms. The number of hydrogen-bond acceptors (Lipinski definition) is 3. The summed E-state index contributed by atoms with van der Waals surface area (Å²) in [5.41, 5.74) is 7.54. The smallest absolute Gasteiger partial charge is 0.337 e. The summed E-state index contributed by atoms with van der Waals surface area (Å²) < 4.78 is 0. The lowest BCUT2D eigenvalue weighted by Gasteiger charge is -2.03. The van der Waals surface area contributed by atoms with E-state index in [4.69, 9.17) is 15.9 Å². The third kappa shape index (κ3) is 6.01. The number of aromatic carboxylic acids is 2. The van der Waals surface area contributed by atoms with Gasteiger partial charge in [0.05, 0.1) is 16.8 Å². The first-order valence-electron chi connectivity index (χ1n) is 8.42. The molecule has 0 saturated heterocycles. The van der Waals surface area contributed by atoms with Gasteiger partial charge in [-0.15, -0.1) is 0 Å². The van der Waals surface area contributed by atoms with Crippen molar-refractivity contribution in [1.29, 1.82) is 0 Å². The van der Waals surface area contributed by atoms with E-state index in [0.717, 1.165) is 12.8 Å². The fourth-order valence-corrected chi connectivity index (χ4v) is 2.52. The average Bonchev–Trinajstić information content (AvgIpc) is 2.68. The standard InChI is InChI=1S/C14H14.C8H7NO4/c1-3-7-13(8-4-1)11-12-14-9-5-2-6-10-14;9-6-4(7(10)11)2-1-3-5(6)8(12)13/h1-10H,11-12H2;1-3H,9H2,(H,10,11)(H,12,13). The van der Waals surface area contributed by atoms with Crippen molar-refractivity contribution in [2.75, 3.05) is 5.73 Å². The van der Waals surface area contributed by atoms with E-state index in [1.807, 2.05) is 0 Å². The van der Waals surface area contributed by atoms with E-state index in [-0.39, 0.29) is 16.8 Å². The van der Waals surface area contributed by atoms with Gasteiger partial charge in [-0.3, -0.25) is 0 Å². The van der Waals surface area contributed by atoms with Gasteiger partial charge < -0.3 is 15.9 Å². The summed E-state index contributed by atoms with van der Waals surface area (Å²) in [5.74, 6) is -2.47. The molecule has 0 radical (unpaired) electrons. The Morgan fingerprint density at radius 3 is 1.33 bits per heavy atom. The van der Waals surface area contributed by atoms with E-state index in [1.54, 1.807) is 0 Å². The maximum Gasteiger partial charge on any atom is 0.337 e. The van der Waals surface area contributed by atoms with Crippen LogP contribution in [0.25, 0.3) is 0 Å². The second-order valence-corrected chi connectivity index (χ2v) is 5.85. The molecule has 0 fully saturated rings. The van der Waals surface area contributed by atoms with Crippen molar-refractivity contribution in [3.63, 3.8) is 0 Å². The first-order chi connectivity index (χ1) is 13.0. The van der Waals surface area contributed by atoms with Crippen LogP contribution in [0.5, 0.6) is 0 Å². The van der Waals surface area contributed by atoms with Gasteiger partial charge in [0, 0.05) is 0 Å². The molecule has 138 valence electrons. The van der Waals surface area contributed by atoms with Crippen LogP contribution in [-0.4, -0.2) is 22.2 Å². The summed E-state index contributed by atoms with van der Waals surface area (Å²) >= 11 is 0. The molecule has 0 amide bonds.